The molecule has 0 fully saturated rings. The molecule has 0 radical (unpaired) electrons. The molecule has 11 heteroatoms. The summed E-state index contributed by atoms with van der Waals surface area (Å²) in [5.74, 6) is -2.87. The number of alkyl halides is 6. The van der Waals surface area contributed by atoms with Crippen molar-refractivity contribution in [1.29, 1.82) is 0 Å². The summed E-state index contributed by atoms with van der Waals surface area (Å²) in [5, 5.41) is 11.2. The van der Waals surface area contributed by atoms with Crippen LogP contribution < -0.4 is 5.32 Å². The number of amides is 1. The van der Waals surface area contributed by atoms with Crippen molar-refractivity contribution in [3.63, 3.8) is 0 Å². The van der Waals surface area contributed by atoms with Crippen LogP contribution in [0.1, 0.15) is 27.0 Å². The van der Waals surface area contributed by atoms with Crippen LogP contribution in [0, 0.1) is 0 Å². The average molecular weight is 484 g/mol. The molecule has 2 rings (SSSR count). The Labute approximate surface area is 168 Å². The van der Waals surface area contributed by atoms with Gasteiger partial charge in [0.05, 0.1) is 11.1 Å². The SMILES string of the molecule is O=C(N[C@@H](Cc1ccc(Br)cc1)C(=O)O)c1cc(C(F)(F)F)cc(C(F)(F)F)c1. The first-order chi connectivity index (χ1) is 13.3. The molecule has 0 unspecified atom stereocenters. The summed E-state index contributed by atoms with van der Waals surface area (Å²) in [4.78, 5) is 23.7. The molecule has 0 aromatic heterocycles. The quantitative estimate of drug-likeness (QED) is 0.593. The molecule has 0 saturated carbocycles. The Balaban J connectivity index is 2.33. The summed E-state index contributed by atoms with van der Waals surface area (Å²) in [7, 11) is 0. The molecule has 4 nitrogen and oxygen atoms in total. The van der Waals surface area contributed by atoms with E-state index in [1.807, 2.05) is 5.32 Å². The first kappa shape index (κ1) is 22.7. The predicted molar refractivity (Wildman–Crippen MR) is 93.2 cm³/mol. The Morgan fingerprint density at radius 2 is 1.41 bits per heavy atom. The van der Waals surface area contributed by atoms with Crippen molar-refractivity contribution in [2.75, 3.05) is 0 Å². The molecular weight excluding hydrogens is 472 g/mol. The zero-order valence-corrected chi connectivity index (χ0v) is 15.8. The molecule has 2 aromatic carbocycles. The Bertz CT molecular complexity index is 877. The fourth-order valence-corrected chi connectivity index (χ4v) is 2.65. The third-order valence-electron chi connectivity index (χ3n) is 3.81. The van der Waals surface area contributed by atoms with E-state index in [2.05, 4.69) is 15.9 Å². The third kappa shape index (κ3) is 6.21. The molecule has 0 spiro atoms. The van der Waals surface area contributed by atoms with Gasteiger partial charge in [-0.2, -0.15) is 26.3 Å². The molecule has 156 valence electrons. The van der Waals surface area contributed by atoms with E-state index in [0.29, 0.717) is 10.0 Å². The maximum absolute atomic E-state index is 12.9. The van der Waals surface area contributed by atoms with Crippen molar-refractivity contribution in [3.8, 4) is 0 Å². The van der Waals surface area contributed by atoms with E-state index < -0.39 is 47.0 Å². The number of carbonyl (C=O) groups excluding carboxylic acids is 1. The van der Waals surface area contributed by atoms with E-state index >= 15 is 0 Å². The molecule has 1 atom stereocenters. The average Bonchev–Trinajstić information content (AvgIpc) is 2.61. The number of hydrogen-bond donors (Lipinski definition) is 2. The lowest BCUT2D eigenvalue weighted by atomic mass is 10.0. The van der Waals surface area contributed by atoms with Crippen LogP contribution in [-0.4, -0.2) is 23.0 Å². The highest BCUT2D eigenvalue weighted by atomic mass is 79.9. The number of rotatable bonds is 5. The van der Waals surface area contributed by atoms with Gasteiger partial charge in [-0.05, 0) is 35.9 Å². The maximum atomic E-state index is 12.9. The molecule has 0 bridgehead atoms. The van der Waals surface area contributed by atoms with E-state index in [1.54, 1.807) is 24.3 Å². The monoisotopic (exact) mass is 483 g/mol. The number of hydrogen-bond acceptors (Lipinski definition) is 2. The number of halogens is 7. The van der Waals surface area contributed by atoms with Gasteiger partial charge in [0.25, 0.3) is 5.91 Å². The third-order valence-corrected chi connectivity index (χ3v) is 4.34. The molecule has 0 aliphatic heterocycles. The van der Waals surface area contributed by atoms with Crippen LogP contribution in [0.2, 0.25) is 0 Å². The van der Waals surface area contributed by atoms with Gasteiger partial charge in [-0.1, -0.05) is 28.1 Å². The van der Waals surface area contributed by atoms with Crippen molar-refractivity contribution in [2.24, 2.45) is 0 Å². The summed E-state index contributed by atoms with van der Waals surface area (Å²) in [6.45, 7) is 0. The van der Waals surface area contributed by atoms with Crippen LogP contribution in [0.5, 0.6) is 0 Å². The number of carboxylic acids is 1. The van der Waals surface area contributed by atoms with Crippen LogP contribution in [0.4, 0.5) is 26.3 Å². The van der Waals surface area contributed by atoms with Crippen LogP contribution in [0.15, 0.2) is 46.9 Å². The summed E-state index contributed by atoms with van der Waals surface area (Å²) in [6.07, 6.45) is -10.5. The minimum atomic E-state index is -5.13. The molecule has 0 aliphatic carbocycles. The summed E-state index contributed by atoms with van der Waals surface area (Å²) >= 11 is 3.19. The van der Waals surface area contributed by atoms with Crippen molar-refractivity contribution in [2.45, 2.75) is 24.8 Å². The van der Waals surface area contributed by atoms with Crippen LogP contribution >= 0.6 is 15.9 Å². The second kappa shape index (κ2) is 8.44. The van der Waals surface area contributed by atoms with Gasteiger partial charge in [0, 0.05) is 16.5 Å². The molecular formula is C18H12BrF6NO3. The van der Waals surface area contributed by atoms with E-state index in [1.165, 1.54) is 0 Å². The Kier molecular flexibility index (Phi) is 6.61. The first-order valence-electron chi connectivity index (χ1n) is 7.85. The number of benzene rings is 2. The fourth-order valence-electron chi connectivity index (χ4n) is 2.38. The van der Waals surface area contributed by atoms with E-state index in [4.69, 9.17) is 0 Å². The Morgan fingerprint density at radius 3 is 1.83 bits per heavy atom. The van der Waals surface area contributed by atoms with E-state index in [0.717, 1.165) is 0 Å². The summed E-state index contributed by atoms with van der Waals surface area (Å²) < 4.78 is 78.2. The van der Waals surface area contributed by atoms with Crippen molar-refractivity contribution in [3.05, 3.63) is 69.2 Å². The molecule has 29 heavy (non-hydrogen) atoms. The van der Waals surface area contributed by atoms with Crippen molar-refractivity contribution >= 4 is 27.8 Å². The van der Waals surface area contributed by atoms with Crippen LogP contribution in [-0.2, 0) is 23.6 Å². The smallest absolute Gasteiger partial charge is 0.416 e. The predicted octanol–water partition coefficient (Wildman–Crippen LogP) is 4.91. The molecule has 2 aromatic rings. The molecule has 1 amide bonds. The van der Waals surface area contributed by atoms with Crippen molar-refractivity contribution < 1.29 is 41.0 Å². The normalized spacial score (nSPS) is 13.1. The van der Waals surface area contributed by atoms with E-state index in [9.17, 15) is 41.0 Å². The summed E-state index contributed by atoms with van der Waals surface area (Å²) in [6, 6.07) is 5.12. The molecule has 0 saturated heterocycles. The highest BCUT2D eigenvalue weighted by Gasteiger charge is 2.37. The van der Waals surface area contributed by atoms with Crippen LogP contribution in [0.25, 0.3) is 0 Å². The van der Waals surface area contributed by atoms with Gasteiger partial charge in [0.1, 0.15) is 6.04 Å². The lowest BCUT2D eigenvalue weighted by molar-refractivity contribution is -0.143. The largest absolute Gasteiger partial charge is 0.480 e. The number of carbonyl (C=O) groups is 2. The van der Waals surface area contributed by atoms with Gasteiger partial charge in [-0.25, -0.2) is 4.79 Å². The maximum Gasteiger partial charge on any atom is 0.416 e. The minimum absolute atomic E-state index is 0.118. The highest BCUT2D eigenvalue weighted by molar-refractivity contribution is 9.10. The molecule has 2 N–H and O–H groups in total. The second-order valence-corrected chi connectivity index (χ2v) is 6.91. The van der Waals surface area contributed by atoms with E-state index in [-0.39, 0.29) is 24.6 Å². The number of carboxylic acid groups (broad SMARTS) is 1. The number of nitrogens with one attached hydrogen (secondary N) is 1. The van der Waals surface area contributed by atoms with Gasteiger partial charge in [0.15, 0.2) is 0 Å². The van der Waals surface area contributed by atoms with Gasteiger partial charge >= 0.3 is 18.3 Å². The standard InChI is InChI=1S/C18H12BrF6NO3/c19-13-3-1-9(2-4-13)5-14(16(28)29)26-15(27)10-6-11(17(20,21)22)8-12(7-10)18(23,24)25/h1-4,6-8,14H,5H2,(H,26,27)(H,28,29)/t14-/m0/s1. The Morgan fingerprint density at radius 1 is 0.931 bits per heavy atom. The summed E-state index contributed by atoms with van der Waals surface area (Å²) in [5.41, 5.74) is -3.80. The molecule has 0 aliphatic rings. The topological polar surface area (TPSA) is 66.4 Å². The van der Waals surface area contributed by atoms with Gasteiger partial charge < -0.3 is 10.4 Å². The lowest BCUT2D eigenvalue weighted by Crippen LogP contribution is -2.42. The minimum Gasteiger partial charge on any atom is -0.480 e. The first-order valence-corrected chi connectivity index (χ1v) is 8.64. The lowest BCUT2D eigenvalue weighted by Gasteiger charge is -2.17. The van der Waals surface area contributed by atoms with Gasteiger partial charge in [-0.15, -0.1) is 0 Å². The van der Waals surface area contributed by atoms with Crippen molar-refractivity contribution in [1.82, 2.24) is 5.32 Å². The highest BCUT2D eigenvalue weighted by Crippen LogP contribution is 2.36. The van der Waals surface area contributed by atoms with Gasteiger partial charge in [-0.3, -0.25) is 4.79 Å². The number of aliphatic carboxylic acids is 1. The Hall–Kier alpha value is -2.56. The second-order valence-electron chi connectivity index (χ2n) is 5.99. The molecule has 0 heterocycles. The zero-order chi connectivity index (χ0) is 22.0. The fraction of sp³-hybridized carbons (Fsp3) is 0.222. The van der Waals surface area contributed by atoms with Gasteiger partial charge in [0.2, 0.25) is 0 Å². The zero-order valence-electron chi connectivity index (χ0n) is 14.2. The van der Waals surface area contributed by atoms with Crippen LogP contribution in [0.3, 0.4) is 0 Å².